The van der Waals surface area contributed by atoms with Gasteiger partial charge in [-0.15, -0.1) is 0 Å². The summed E-state index contributed by atoms with van der Waals surface area (Å²) in [5.74, 6) is -1.61. The fraction of sp³-hybridized carbons (Fsp3) is 0.423. The van der Waals surface area contributed by atoms with Crippen molar-refractivity contribution in [2.24, 2.45) is 0 Å². The number of carbonyl (C=O) groups is 3. The number of alkyl carbamates (subject to hydrolysis) is 1. The van der Waals surface area contributed by atoms with Crippen LogP contribution in [0.15, 0.2) is 48.5 Å². The molecule has 8 nitrogen and oxygen atoms in total. The Morgan fingerprint density at radius 1 is 1.06 bits per heavy atom. The fourth-order valence-corrected chi connectivity index (χ4v) is 5.09. The molecule has 3 N–H and O–H groups in total. The van der Waals surface area contributed by atoms with Crippen molar-refractivity contribution in [3.63, 3.8) is 0 Å². The smallest absolute Gasteiger partial charge is 0.407 e. The molecule has 0 aromatic heterocycles. The number of nitrogens with zero attached hydrogens (tertiary/aromatic N) is 1. The van der Waals surface area contributed by atoms with E-state index in [-0.39, 0.29) is 31.4 Å². The van der Waals surface area contributed by atoms with Crippen molar-refractivity contribution in [1.82, 2.24) is 10.2 Å². The molecular weight excluding hydrogens is 436 g/mol. The quantitative estimate of drug-likeness (QED) is 0.551. The number of aliphatic carboxylic acids is 1. The van der Waals surface area contributed by atoms with E-state index < -0.39 is 30.1 Å². The van der Waals surface area contributed by atoms with Gasteiger partial charge in [0.25, 0.3) is 0 Å². The number of carboxylic acids is 1. The number of rotatable bonds is 8. The van der Waals surface area contributed by atoms with Crippen LogP contribution in [0, 0.1) is 0 Å². The second-order valence-electron chi connectivity index (χ2n) is 8.97. The molecule has 2 amide bonds. The number of hydrogen-bond donors (Lipinski definition) is 3. The molecule has 0 saturated heterocycles. The van der Waals surface area contributed by atoms with Gasteiger partial charge in [0.2, 0.25) is 5.91 Å². The van der Waals surface area contributed by atoms with Gasteiger partial charge < -0.3 is 25.2 Å². The maximum absolute atomic E-state index is 13.1. The van der Waals surface area contributed by atoms with Gasteiger partial charge >= 0.3 is 12.1 Å². The maximum atomic E-state index is 13.1. The van der Waals surface area contributed by atoms with Crippen molar-refractivity contribution in [1.29, 1.82) is 0 Å². The number of hydrogen-bond acceptors (Lipinski definition) is 5. The van der Waals surface area contributed by atoms with Crippen molar-refractivity contribution in [2.45, 2.75) is 56.2 Å². The van der Waals surface area contributed by atoms with Gasteiger partial charge in [-0.05, 0) is 47.9 Å². The summed E-state index contributed by atoms with van der Waals surface area (Å²) in [5, 5.41) is 21.8. The number of fused-ring (bicyclic) bond motifs is 3. The molecule has 0 heterocycles. The molecular formula is C26H30N2O6. The van der Waals surface area contributed by atoms with E-state index >= 15 is 0 Å². The van der Waals surface area contributed by atoms with E-state index in [1.165, 1.54) is 4.90 Å². The zero-order valence-corrected chi connectivity index (χ0v) is 19.1. The lowest BCUT2D eigenvalue weighted by atomic mass is 9.98. The Balaban J connectivity index is 1.43. The zero-order valence-electron chi connectivity index (χ0n) is 19.1. The van der Waals surface area contributed by atoms with E-state index in [1.54, 1.807) is 7.05 Å². The van der Waals surface area contributed by atoms with Crippen LogP contribution in [0.1, 0.15) is 49.1 Å². The molecule has 1 unspecified atom stereocenters. The summed E-state index contributed by atoms with van der Waals surface area (Å²) in [6.07, 6.45) is 0.354. The van der Waals surface area contributed by atoms with Gasteiger partial charge in [-0.2, -0.15) is 0 Å². The van der Waals surface area contributed by atoms with Crippen LogP contribution in [-0.2, 0) is 14.3 Å². The third-order valence-electron chi connectivity index (χ3n) is 6.87. The van der Waals surface area contributed by atoms with Crippen molar-refractivity contribution >= 4 is 18.0 Å². The van der Waals surface area contributed by atoms with Gasteiger partial charge in [0.1, 0.15) is 12.6 Å². The van der Waals surface area contributed by atoms with Crippen LogP contribution in [0.3, 0.4) is 0 Å². The predicted molar refractivity (Wildman–Crippen MR) is 125 cm³/mol. The van der Waals surface area contributed by atoms with Crippen LogP contribution in [-0.4, -0.2) is 64.9 Å². The lowest BCUT2D eigenvalue weighted by Crippen LogP contribution is -2.52. The van der Waals surface area contributed by atoms with E-state index in [9.17, 15) is 19.5 Å². The number of carboxylic acid groups (broad SMARTS) is 1. The van der Waals surface area contributed by atoms with Gasteiger partial charge in [0, 0.05) is 19.4 Å². The average Bonchev–Trinajstić information content (AvgIpc) is 3.40. The first-order valence-corrected chi connectivity index (χ1v) is 11.6. The summed E-state index contributed by atoms with van der Waals surface area (Å²) in [7, 11) is 1.58. The first-order valence-electron chi connectivity index (χ1n) is 11.6. The Hall–Kier alpha value is -3.39. The topological polar surface area (TPSA) is 116 Å². The largest absolute Gasteiger partial charge is 0.481 e. The maximum Gasteiger partial charge on any atom is 0.407 e. The Kier molecular flexibility index (Phi) is 7.17. The molecule has 0 spiro atoms. The van der Waals surface area contributed by atoms with Crippen LogP contribution in [0.25, 0.3) is 11.1 Å². The van der Waals surface area contributed by atoms with Crippen molar-refractivity contribution in [2.75, 3.05) is 13.7 Å². The summed E-state index contributed by atoms with van der Waals surface area (Å²) >= 11 is 0. The van der Waals surface area contributed by atoms with Crippen molar-refractivity contribution < 1.29 is 29.3 Å². The second kappa shape index (κ2) is 10.3. The standard InChI is InChI=1S/C26H30N2O6/c1-28(22-11-6-12-23(22)29)25(32)21(13-14-24(30)31)27-26(33)34-15-20-18-9-4-2-7-16(18)17-8-3-5-10-19(17)20/h2-5,7-10,20-23,29H,6,11-15H2,1H3,(H,27,33)(H,30,31)/t21?,22-,23-/m1/s1. The molecule has 2 aliphatic rings. The Bertz CT molecular complexity index is 1030. The summed E-state index contributed by atoms with van der Waals surface area (Å²) in [5.41, 5.74) is 4.37. The monoisotopic (exact) mass is 466 g/mol. The molecule has 180 valence electrons. The summed E-state index contributed by atoms with van der Waals surface area (Å²) < 4.78 is 5.54. The molecule has 0 aliphatic heterocycles. The minimum absolute atomic E-state index is 0.0640. The van der Waals surface area contributed by atoms with E-state index in [0.717, 1.165) is 28.7 Å². The summed E-state index contributed by atoms with van der Waals surface area (Å²) in [6.45, 7) is 0.0941. The van der Waals surface area contributed by atoms with Gasteiger partial charge in [-0.3, -0.25) is 9.59 Å². The van der Waals surface area contributed by atoms with Crippen molar-refractivity contribution in [3.05, 3.63) is 59.7 Å². The van der Waals surface area contributed by atoms with Gasteiger partial charge in [0.05, 0.1) is 12.1 Å². The van der Waals surface area contributed by atoms with E-state index in [4.69, 9.17) is 9.84 Å². The van der Waals surface area contributed by atoms with Gasteiger partial charge in [-0.1, -0.05) is 48.5 Å². The predicted octanol–water partition coefficient (Wildman–Crippen LogP) is 3.13. The normalized spacial score (nSPS) is 19.7. The molecule has 2 aliphatic carbocycles. The number of benzene rings is 2. The molecule has 8 heteroatoms. The molecule has 4 rings (SSSR count). The van der Waals surface area contributed by atoms with Crippen LogP contribution in [0.5, 0.6) is 0 Å². The van der Waals surface area contributed by atoms with Crippen LogP contribution < -0.4 is 5.32 Å². The van der Waals surface area contributed by atoms with Gasteiger partial charge in [-0.25, -0.2) is 4.79 Å². The fourth-order valence-electron chi connectivity index (χ4n) is 5.09. The number of aliphatic hydroxyl groups is 1. The SMILES string of the molecule is CN(C(=O)C(CCC(=O)O)NC(=O)OCC1c2ccccc2-c2ccccc21)[C@@H]1CCC[C@H]1O. The highest BCUT2D eigenvalue weighted by Gasteiger charge is 2.35. The number of likely N-dealkylation sites (N-methyl/N-ethyl adjacent to an activating group) is 1. The first-order chi connectivity index (χ1) is 16.4. The molecule has 1 fully saturated rings. The highest BCUT2D eigenvalue weighted by Crippen LogP contribution is 2.44. The van der Waals surface area contributed by atoms with Crippen LogP contribution in [0.4, 0.5) is 4.79 Å². The second-order valence-corrected chi connectivity index (χ2v) is 8.97. The molecule has 2 aromatic carbocycles. The zero-order chi connectivity index (χ0) is 24.2. The lowest BCUT2D eigenvalue weighted by molar-refractivity contribution is -0.138. The third-order valence-corrected chi connectivity index (χ3v) is 6.87. The lowest BCUT2D eigenvalue weighted by Gasteiger charge is -2.30. The molecule has 0 bridgehead atoms. The molecule has 0 radical (unpaired) electrons. The molecule has 34 heavy (non-hydrogen) atoms. The highest BCUT2D eigenvalue weighted by atomic mass is 16.5. The average molecular weight is 467 g/mol. The third kappa shape index (κ3) is 4.92. The molecule has 3 atom stereocenters. The van der Waals surface area contributed by atoms with E-state index in [1.807, 2.05) is 48.5 Å². The molecule has 1 saturated carbocycles. The summed E-state index contributed by atoms with van der Waals surface area (Å²) in [4.78, 5) is 38.3. The number of nitrogens with one attached hydrogen (secondary N) is 1. The number of aliphatic hydroxyl groups excluding tert-OH is 1. The van der Waals surface area contributed by atoms with E-state index in [2.05, 4.69) is 5.32 Å². The molecule has 2 aromatic rings. The Labute approximate surface area is 198 Å². The van der Waals surface area contributed by atoms with Crippen LogP contribution in [0.2, 0.25) is 0 Å². The number of carbonyl (C=O) groups excluding carboxylic acids is 2. The Morgan fingerprint density at radius 2 is 1.68 bits per heavy atom. The van der Waals surface area contributed by atoms with E-state index in [0.29, 0.717) is 12.8 Å². The summed E-state index contributed by atoms with van der Waals surface area (Å²) in [6, 6.07) is 14.6. The first kappa shape index (κ1) is 23.8. The number of ether oxygens (including phenoxy) is 1. The minimum atomic E-state index is -1.06. The number of amides is 2. The van der Waals surface area contributed by atoms with Gasteiger partial charge in [0.15, 0.2) is 0 Å². The van der Waals surface area contributed by atoms with Crippen LogP contribution >= 0.6 is 0 Å². The van der Waals surface area contributed by atoms with Crippen molar-refractivity contribution in [3.8, 4) is 11.1 Å². The minimum Gasteiger partial charge on any atom is -0.481 e. The highest BCUT2D eigenvalue weighted by molar-refractivity contribution is 5.86. The Morgan fingerprint density at radius 3 is 2.24 bits per heavy atom.